The largest absolute Gasteiger partial charge is 0.308 e. The van der Waals surface area contributed by atoms with Crippen LogP contribution >= 0.6 is 31.9 Å². The number of halogens is 2. The third kappa shape index (κ3) is 5.11. The summed E-state index contributed by atoms with van der Waals surface area (Å²) in [5.41, 5.74) is 1.32. The van der Waals surface area contributed by atoms with Crippen molar-refractivity contribution in [1.29, 1.82) is 0 Å². The maximum atomic E-state index is 3.65. The van der Waals surface area contributed by atoms with Crippen molar-refractivity contribution in [3.8, 4) is 0 Å². The van der Waals surface area contributed by atoms with E-state index in [2.05, 4.69) is 76.1 Å². The van der Waals surface area contributed by atoms with Crippen LogP contribution in [0.15, 0.2) is 27.1 Å². The SMILES string of the molecule is CCCCC(C)NC(C)c1ccc(Br)cc1Br. The molecule has 0 saturated heterocycles. The van der Waals surface area contributed by atoms with Gasteiger partial charge in [0.15, 0.2) is 0 Å². The van der Waals surface area contributed by atoms with Crippen molar-refractivity contribution in [3.05, 3.63) is 32.7 Å². The molecule has 0 aliphatic carbocycles. The molecule has 2 unspecified atom stereocenters. The van der Waals surface area contributed by atoms with Crippen molar-refractivity contribution >= 4 is 31.9 Å². The summed E-state index contributed by atoms with van der Waals surface area (Å²) in [6.45, 7) is 6.72. The van der Waals surface area contributed by atoms with Crippen molar-refractivity contribution in [2.24, 2.45) is 0 Å². The standard InChI is InChI=1S/C14H21Br2N/c1-4-5-6-10(2)17-11(3)13-8-7-12(15)9-14(13)16/h7-11,17H,4-6H2,1-3H3. The minimum absolute atomic E-state index is 0.379. The van der Waals surface area contributed by atoms with Gasteiger partial charge >= 0.3 is 0 Å². The first-order valence-electron chi connectivity index (χ1n) is 6.25. The van der Waals surface area contributed by atoms with E-state index in [9.17, 15) is 0 Å². The topological polar surface area (TPSA) is 12.0 Å². The average Bonchev–Trinajstić information content (AvgIpc) is 2.26. The fraction of sp³-hybridized carbons (Fsp3) is 0.571. The number of unbranched alkanes of at least 4 members (excludes halogenated alkanes) is 1. The summed E-state index contributed by atoms with van der Waals surface area (Å²) in [5.74, 6) is 0. The normalized spacial score (nSPS) is 14.6. The molecule has 1 nitrogen and oxygen atoms in total. The molecule has 0 heterocycles. The lowest BCUT2D eigenvalue weighted by molar-refractivity contribution is 0.443. The summed E-state index contributed by atoms with van der Waals surface area (Å²) in [7, 11) is 0. The first-order valence-corrected chi connectivity index (χ1v) is 7.84. The number of nitrogens with one attached hydrogen (secondary N) is 1. The molecule has 0 aromatic heterocycles. The molecule has 0 aliphatic heterocycles. The van der Waals surface area contributed by atoms with Crippen LogP contribution in [0.3, 0.4) is 0 Å². The molecule has 1 aromatic rings. The van der Waals surface area contributed by atoms with Gasteiger partial charge in [-0.3, -0.25) is 0 Å². The Morgan fingerprint density at radius 1 is 1.24 bits per heavy atom. The quantitative estimate of drug-likeness (QED) is 0.710. The van der Waals surface area contributed by atoms with Crippen molar-refractivity contribution in [2.45, 2.75) is 52.1 Å². The average molecular weight is 363 g/mol. The lowest BCUT2D eigenvalue weighted by Gasteiger charge is -2.21. The van der Waals surface area contributed by atoms with E-state index >= 15 is 0 Å². The van der Waals surface area contributed by atoms with Gasteiger partial charge in [0.05, 0.1) is 0 Å². The highest BCUT2D eigenvalue weighted by molar-refractivity contribution is 9.11. The van der Waals surface area contributed by atoms with Crippen LogP contribution in [0, 0.1) is 0 Å². The van der Waals surface area contributed by atoms with Gasteiger partial charge in [0.2, 0.25) is 0 Å². The molecule has 96 valence electrons. The number of benzene rings is 1. The zero-order valence-electron chi connectivity index (χ0n) is 10.8. The van der Waals surface area contributed by atoms with Crippen LogP contribution in [0.4, 0.5) is 0 Å². The Balaban J connectivity index is 2.60. The Bertz CT molecular complexity index is 352. The Kier molecular flexibility index (Phi) is 6.75. The molecular weight excluding hydrogens is 342 g/mol. The molecule has 1 aromatic carbocycles. The zero-order chi connectivity index (χ0) is 12.8. The molecule has 0 fully saturated rings. The van der Waals surface area contributed by atoms with Crippen molar-refractivity contribution in [2.75, 3.05) is 0 Å². The number of rotatable bonds is 6. The minimum atomic E-state index is 0.379. The minimum Gasteiger partial charge on any atom is -0.308 e. The van der Waals surface area contributed by atoms with E-state index in [1.807, 2.05) is 0 Å². The van der Waals surface area contributed by atoms with Gasteiger partial charge in [-0.1, -0.05) is 57.7 Å². The van der Waals surface area contributed by atoms with Crippen LogP contribution in [0.5, 0.6) is 0 Å². The van der Waals surface area contributed by atoms with E-state index in [0.717, 1.165) is 8.95 Å². The summed E-state index contributed by atoms with van der Waals surface area (Å²) in [4.78, 5) is 0. The molecular formula is C14H21Br2N. The molecule has 0 bridgehead atoms. The maximum absolute atomic E-state index is 3.65. The van der Waals surface area contributed by atoms with Crippen molar-refractivity contribution in [1.82, 2.24) is 5.32 Å². The van der Waals surface area contributed by atoms with E-state index in [-0.39, 0.29) is 0 Å². The molecule has 0 saturated carbocycles. The smallest absolute Gasteiger partial charge is 0.0305 e. The highest BCUT2D eigenvalue weighted by Crippen LogP contribution is 2.27. The van der Waals surface area contributed by atoms with Gasteiger partial charge < -0.3 is 5.32 Å². The first-order chi connectivity index (χ1) is 8.04. The van der Waals surface area contributed by atoms with Crippen LogP contribution in [0.25, 0.3) is 0 Å². The van der Waals surface area contributed by atoms with E-state index in [1.54, 1.807) is 0 Å². The molecule has 0 amide bonds. The maximum Gasteiger partial charge on any atom is 0.0305 e. The van der Waals surface area contributed by atoms with Crippen LogP contribution in [0.2, 0.25) is 0 Å². The lowest BCUT2D eigenvalue weighted by Crippen LogP contribution is -2.29. The zero-order valence-corrected chi connectivity index (χ0v) is 13.9. The van der Waals surface area contributed by atoms with E-state index in [0.29, 0.717) is 12.1 Å². The molecule has 0 spiro atoms. The Morgan fingerprint density at radius 3 is 2.53 bits per heavy atom. The Labute approximate surface area is 122 Å². The number of hydrogen-bond acceptors (Lipinski definition) is 1. The Morgan fingerprint density at radius 2 is 1.94 bits per heavy atom. The lowest BCUT2D eigenvalue weighted by atomic mass is 10.1. The second-order valence-electron chi connectivity index (χ2n) is 4.60. The molecule has 2 atom stereocenters. The predicted octanol–water partition coefficient (Wildman–Crippen LogP) is 5.44. The summed E-state index contributed by atoms with van der Waals surface area (Å²) in [6.07, 6.45) is 3.81. The highest BCUT2D eigenvalue weighted by atomic mass is 79.9. The van der Waals surface area contributed by atoms with E-state index in [4.69, 9.17) is 0 Å². The summed E-state index contributed by atoms with van der Waals surface area (Å²) < 4.78 is 2.27. The molecule has 1 N–H and O–H groups in total. The van der Waals surface area contributed by atoms with Gasteiger partial charge in [0, 0.05) is 21.0 Å². The van der Waals surface area contributed by atoms with Gasteiger partial charge in [-0.05, 0) is 38.0 Å². The number of hydrogen-bond donors (Lipinski definition) is 1. The third-order valence-electron chi connectivity index (χ3n) is 2.95. The molecule has 0 radical (unpaired) electrons. The van der Waals surface area contributed by atoms with E-state index in [1.165, 1.54) is 24.8 Å². The van der Waals surface area contributed by atoms with E-state index < -0.39 is 0 Å². The second-order valence-corrected chi connectivity index (χ2v) is 6.37. The van der Waals surface area contributed by atoms with Crippen LogP contribution < -0.4 is 5.32 Å². The summed E-state index contributed by atoms with van der Waals surface area (Å²) in [5, 5.41) is 3.65. The first kappa shape index (κ1) is 15.2. The van der Waals surface area contributed by atoms with Crippen molar-refractivity contribution < 1.29 is 0 Å². The fourth-order valence-corrected chi connectivity index (χ4v) is 3.35. The summed E-state index contributed by atoms with van der Waals surface area (Å²) >= 11 is 7.10. The fourth-order valence-electron chi connectivity index (χ4n) is 1.96. The van der Waals surface area contributed by atoms with Gasteiger partial charge in [-0.2, -0.15) is 0 Å². The van der Waals surface area contributed by atoms with Crippen LogP contribution in [-0.2, 0) is 0 Å². The Hall–Kier alpha value is 0.140. The molecule has 0 aliphatic rings. The molecule has 17 heavy (non-hydrogen) atoms. The third-order valence-corrected chi connectivity index (χ3v) is 4.13. The summed E-state index contributed by atoms with van der Waals surface area (Å²) in [6, 6.07) is 7.31. The van der Waals surface area contributed by atoms with Gasteiger partial charge in [-0.25, -0.2) is 0 Å². The van der Waals surface area contributed by atoms with Crippen LogP contribution in [0.1, 0.15) is 51.6 Å². The van der Waals surface area contributed by atoms with Gasteiger partial charge in [-0.15, -0.1) is 0 Å². The highest BCUT2D eigenvalue weighted by Gasteiger charge is 2.12. The monoisotopic (exact) mass is 361 g/mol. The molecule has 1 rings (SSSR count). The van der Waals surface area contributed by atoms with Crippen LogP contribution in [-0.4, -0.2) is 6.04 Å². The second kappa shape index (κ2) is 7.55. The van der Waals surface area contributed by atoms with Gasteiger partial charge in [0.25, 0.3) is 0 Å². The molecule has 3 heteroatoms. The van der Waals surface area contributed by atoms with Crippen molar-refractivity contribution in [3.63, 3.8) is 0 Å². The van der Waals surface area contributed by atoms with Gasteiger partial charge in [0.1, 0.15) is 0 Å². The predicted molar refractivity (Wildman–Crippen MR) is 82.4 cm³/mol.